The van der Waals surface area contributed by atoms with Crippen molar-refractivity contribution in [3.8, 4) is 0 Å². The Morgan fingerprint density at radius 2 is 1.59 bits per heavy atom. The molecule has 0 aromatic heterocycles. The van der Waals surface area contributed by atoms with Crippen molar-refractivity contribution in [3.05, 3.63) is 35.9 Å². The summed E-state index contributed by atoms with van der Waals surface area (Å²) in [6.07, 6.45) is 3.74. The minimum Gasteiger partial charge on any atom is -0.342 e. The average Bonchev–Trinajstić information content (AvgIpc) is 2.74. The van der Waals surface area contributed by atoms with Gasteiger partial charge >= 0.3 is 6.03 Å². The van der Waals surface area contributed by atoms with Gasteiger partial charge in [0.2, 0.25) is 5.91 Å². The van der Waals surface area contributed by atoms with E-state index in [1.165, 1.54) is 0 Å². The third-order valence-corrected chi connectivity index (χ3v) is 6.12. The van der Waals surface area contributed by atoms with Crippen LogP contribution in [0.15, 0.2) is 30.3 Å². The van der Waals surface area contributed by atoms with Crippen LogP contribution in [0.1, 0.15) is 31.2 Å². The minimum absolute atomic E-state index is 0. The van der Waals surface area contributed by atoms with E-state index in [-0.39, 0.29) is 24.4 Å². The first-order valence-electron chi connectivity index (χ1n) is 10.6. The fourth-order valence-corrected chi connectivity index (χ4v) is 4.39. The molecular formula is C22H35ClN4O2. The molecule has 2 fully saturated rings. The van der Waals surface area contributed by atoms with Gasteiger partial charge in [-0.1, -0.05) is 30.3 Å². The van der Waals surface area contributed by atoms with Crippen LogP contribution in [0.2, 0.25) is 0 Å². The number of nitrogens with zero attached hydrogens (tertiary/aromatic N) is 3. The number of nitrogens with one attached hydrogen (secondary N) is 1. The second-order valence-electron chi connectivity index (χ2n) is 8.21. The predicted octanol–water partition coefficient (Wildman–Crippen LogP) is 2.83. The Morgan fingerprint density at radius 1 is 1.00 bits per heavy atom. The molecule has 0 aliphatic carbocycles. The Morgan fingerprint density at radius 3 is 2.17 bits per heavy atom. The molecule has 1 aromatic rings. The highest BCUT2D eigenvalue weighted by Crippen LogP contribution is 2.24. The van der Waals surface area contributed by atoms with Gasteiger partial charge in [-0.2, -0.15) is 0 Å². The highest BCUT2D eigenvalue weighted by Gasteiger charge is 2.32. The predicted molar refractivity (Wildman–Crippen MR) is 118 cm³/mol. The second-order valence-corrected chi connectivity index (χ2v) is 8.21. The van der Waals surface area contributed by atoms with E-state index >= 15 is 0 Å². The smallest absolute Gasteiger partial charge is 0.320 e. The first-order valence-corrected chi connectivity index (χ1v) is 10.6. The summed E-state index contributed by atoms with van der Waals surface area (Å²) < 4.78 is 0. The maximum atomic E-state index is 12.9. The van der Waals surface area contributed by atoms with E-state index in [4.69, 9.17) is 0 Å². The van der Waals surface area contributed by atoms with Crippen molar-refractivity contribution < 1.29 is 9.59 Å². The van der Waals surface area contributed by atoms with Crippen LogP contribution in [0.5, 0.6) is 0 Å². The van der Waals surface area contributed by atoms with E-state index in [1.54, 1.807) is 4.90 Å². The summed E-state index contributed by atoms with van der Waals surface area (Å²) >= 11 is 0. The van der Waals surface area contributed by atoms with Crippen molar-refractivity contribution in [2.75, 3.05) is 46.8 Å². The highest BCUT2D eigenvalue weighted by atomic mass is 35.5. The van der Waals surface area contributed by atoms with Gasteiger partial charge in [-0.05, 0) is 50.8 Å². The van der Waals surface area contributed by atoms with Crippen LogP contribution in [0.4, 0.5) is 4.79 Å². The zero-order chi connectivity index (χ0) is 19.9. The Hall–Kier alpha value is -1.79. The lowest BCUT2D eigenvalue weighted by Gasteiger charge is -2.38. The molecule has 2 heterocycles. The average molecular weight is 423 g/mol. The first kappa shape index (κ1) is 23.5. The summed E-state index contributed by atoms with van der Waals surface area (Å²) in [5.41, 5.74) is 1.13. The topological polar surface area (TPSA) is 55.9 Å². The van der Waals surface area contributed by atoms with Crippen LogP contribution < -0.4 is 5.32 Å². The lowest BCUT2D eigenvalue weighted by Crippen LogP contribution is -2.49. The number of hydrogen-bond acceptors (Lipinski definition) is 3. The summed E-state index contributed by atoms with van der Waals surface area (Å²) in [6, 6.07) is 10.1. The van der Waals surface area contributed by atoms with Crippen LogP contribution in [-0.4, -0.2) is 73.5 Å². The molecule has 2 aliphatic heterocycles. The Balaban J connectivity index is 0.00000300. The summed E-state index contributed by atoms with van der Waals surface area (Å²) in [5.74, 6) is 1.06. The van der Waals surface area contributed by atoms with Gasteiger partial charge in [0, 0.05) is 45.7 Å². The molecule has 2 saturated heterocycles. The second kappa shape index (κ2) is 11.4. The Bertz CT molecular complexity index is 641. The van der Waals surface area contributed by atoms with Crippen molar-refractivity contribution in [2.24, 2.45) is 11.8 Å². The van der Waals surface area contributed by atoms with Gasteiger partial charge < -0.3 is 20.0 Å². The van der Waals surface area contributed by atoms with Crippen molar-refractivity contribution in [3.63, 3.8) is 0 Å². The number of amides is 3. The summed E-state index contributed by atoms with van der Waals surface area (Å²) in [7, 11) is 3.84. The van der Waals surface area contributed by atoms with Crippen molar-refractivity contribution in [2.45, 2.75) is 32.2 Å². The highest BCUT2D eigenvalue weighted by molar-refractivity contribution is 5.85. The molecule has 29 heavy (non-hydrogen) atoms. The van der Waals surface area contributed by atoms with Crippen molar-refractivity contribution >= 4 is 24.3 Å². The van der Waals surface area contributed by atoms with Gasteiger partial charge in [0.15, 0.2) is 0 Å². The monoisotopic (exact) mass is 422 g/mol. The number of urea groups is 1. The number of carbonyl (C=O) groups is 2. The Kier molecular flexibility index (Phi) is 9.24. The molecular weight excluding hydrogens is 388 g/mol. The quantitative estimate of drug-likeness (QED) is 0.793. The molecule has 0 bridgehead atoms. The van der Waals surface area contributed by atoms with E-state index in [9.17, 15) is 9.59 Å². The Labute approximate surface area is 181 Å². The molecule has 0 unspecified atom stereocenters. The van der Waals surface area contributed by atoms with E-state index < -0.39 is 0 Å². The zero-order valence-corrected chi connectivity index (χ0v) is 18.5. The number of rotatable bonds is 5. The molecule has 0 spiro atoms. The largest absolute Gasteiger partial charge is 0.342 e. The molecule has 1 aromatic carbocycles. The molecule has 3 amide bonds. The van der Waals surface area contributed by atoms with Crippen LogP contribution in [-0.2, 0) is 11.3 Å². The van der Waals surface area contributed by atoms with Gasteiger partial charge in [0.05, 0.1) is 0 Å². The standard InChI is InChI=1S/C22H34N4O2.ClH/c1-23-16-18-8-12-25(13-9-18)21(27)20-10-14-26(15-11-20)22(28)24(2)17-19-6-4-3-5-7-19;/h3-7,18,20,23H,8-17H2,1-2H3;1H. The van der Waals surface area contributed by atoms with Gasteiger partial charge in [-0.25, -0.2) is 4.79 Å². The van der Waals surface area contributed by atoms with E-state index in [0.717, 1.165) is 50.9 Å². The summed E-state index contributed by atoms with van der Waals surface area (Å²) in [5, 5.41) is 3.24. The van der Waals surface area contributed by atoms with Gasteiger partial charge in [0.1, 0.15) is 0 Å². The van der Waals surface area contributed by atoms with Gasteiger partial charge in [0.25, 0.3) is 0 Å². The number of likely N-dealkylation sites (tertiary alicyclic amines) is 2. The van der Waals surface area contributed by atoms with Gasteiger partial charge in [-0.3, -0.25) is 4.79 Å². The third kappa shape index (κ3) is 6.34. The zero-order valence-electron chi connectivity index (χ0n) is 17.7. The molecule has 0 atom stereocenters. The maximum absolute atomic E-state index is 12.9. The van der Waals surface area contributed by atoms with Crippen molar-refractivity contribution in [1.29, 1.82) is 0 Å². The number of carbonyl (C=O) groups excluding carboxylic acids is 2. The van der Waals surface area contributed by atoms with Crippen LogP contribution in [0, 0.1) is 11.8 Å². The summed E-state index contributed by atoms with van der Waals surface area (Å²) in [4.78, 5) is 31.3. The molecule has 0 saturated carbocycles. The van der Waals surface area contributed by atoms with Crippen molar-refractivity contribution in [1.82, 2.24) is 20.0 Å². The number of halogens is 1. The molecule has 1 N–H and O–H groups in total. The number of hydrogen-bond donors (Lipinski definition) is 1. The fourth-order valence-electron chi connectivity index (χ4n) is 4.39. The van der Waals surface area contributed by atoms with E-state index in [0.29, 0.717) is 31.5 Å². The summed E-state index contributed by atoms with van der Waals surface area (Å²) in [6.45, 7) is 4.75. The van der Waals surface area contributed by atoms with Gasteiger partial charge in [-0.15, -0.1) is 12.4 Å². The van der Waals surface area contributed by atoms with Crippen LogP contribution >= 0.6 is 12.4 Å². The normalized spacial score (nSPS) is 18.3. The lowest BCUT2D eigenvalue weighted by molar-refractivity contribution is -0.138. The SMILES string of the molecule is CNCC1CCN(C(=O)C2CCN(C(=O)N(C)Cc3ccccc3)CC2)CC1.Cl. The van der Waals surface area contributed by atoms with Crippen LogP contribution in [0.3, 0.4) is 0 Å². The van der Waals surface area contributed by atoms with E-state index in [1.807, 2.05) is 49.3 Å². The fraction of sp³-hybridized carbons (Fsp3) is 0.636. The lowest BCUT2D eigenvalue weighted by atomic mass is 9.92. The molecule has 0 radical (unpaired) electrons. The minimum atomic E-state index is 0. The molecule has 2 aliphatic rings. The van der Waals surface area contributed by atoms with Crippen LogP contribution in [0.25, 0.3) is 0 Å². The third-order valence-electron chi connectivity index (χ3n) is 6.12. The number of benzene rings is 1. The molecule has 162 valence electrons. The first-order chi connectivity index (χ1) is 13.6. The molecule has 6 nitrogen and oxygen atoms in total. The maximum Gasteiger partial charge on any atom is 0.320 e. The number of piperidine rings is 2. The van der Waals surface area contributed by atoms with E-state index in [2.05, 4.69) is 10.2 Å². The molecule has 3 rings (SSSR count). The molecule has 7 heteroatoms.